The summed E-state index contributed by atoms with van der Waals surface area (Å²) in [6.45, 7) is 14.7. The molecule has 0 saturated carbocycles. The zero-order chi connectivity index (χ0) is 13.7. The van der Waals surface area contributed by atoms with Gasteiger partial charge in [-0.3, -0.25) is 4.68 Å². The predicted octanol–water partition coefficient (Wildman–Crippen LogP) is 4.76. The van der Waals surface area contributed by atoms with Gasteiger partial charge < -0.3 is 0 Å². The second kappa shape index (κ2) is 7.25. The summed E-state index contributed by atoms with van der Waals surface area (Å²) in [4.78, 5) is 4.00. The van der Waals surface area contributed by atoms with Gasteiger partial charge in [0.25, 0.3) is 0 Å². The fourth-order valence-corrected chi connectivity index (χ4v) is 1.94. The van der Waals surface area contributed by atoms with Gasteiger partial charge in [0.05, 0.1) is 0 Å². The third-order valence-corrected chi connectivity index (χ3v) is 3.94. The molecule has 1 atom stereocenters. The van der Waals surface area contributed by atoms with Crippen LogP contribution >= 0.6 is 37.2 Å². The van der Waals surface area contributed by atoms with E-state index < -0.39 is 0 Å². The molecule has 1 aromatic heterocycles. The molecule has 0 saturated heterocycles. The molecule has 0 aliphatic rings. The molecule has 0 N–H and O–H groups in total. The van der Waals surface area contributed by atoms with Crippen molar-refractivity contribution in [3.8, 4) is 0 Å². The molecular weight excluding hydrogens is 440 g/mol. The summed E-state index contributed by atoms with van der Waals surface area (Å²) in [5.74, 6) is 0.613. The lowest BCUT2D eigenvalue weighted by molar-refractivity contribution is 0.0277. The quantitative estimate of drug-likeness (QED) is 0.606. The molecule has 1 heterocycles. The van der Waals surface area contributed by atoms with E-state index in [1.807, 2.05) is 4.68 Å². The van der Waals surface area contributed by atoms with E-state index in [1.54, 1.807) is 12.7 Å². The lowest BCUT2D eigenvalue weighted by Crippen LogP contribution is -2.41. The summed E-state index contributed by atoms with van der Waals surface area (Å²) < 4.78 is 1.94. The molecule has 0 spiro atoms. The topological polar surface area (TPSA) is 30.7 Å². The number of rotatable bonds is 3. The zero-order valence-electron chi connectivity index (χ0n) is 11.5. The molecule has 5 heteroatoms. The molecule has 0 aromatic carbocycles. The number of hydrogen-bond donors (Lipinski definition) is 0. The molecular formula is C12H23I2N3. The highest BCUT2D eigenvalue weighted by atomic mass is 128. The largest absolute Gasteiger partial charge is 0.252 e. The van der Waals surface area contributed by atoms with Crippen LogP contribution in [0.1, 0.15) is 41.5 Å². The average molecular weight is 463 g/mol. The van der Waals surface area contributed by atoms with Crippen LogP contribution in [-0.4, -0.2) is 14.8 Å². The molecule has 100 valence electrons. The molecule has 17 heavy (non-hydrogen) atoms. The van der Waals surface area contributed by atoms with E-state index in [1.165, 1.54) is 0 Å². The van der Waals surface area contributed by atoms with Crippen LogP contribution in [-0.2, 0) is 6.54 Å². The van der Waals surface area contributed by atoms with E-state index in [-0.39, 0.29) is 10.8 Å². The van der Waals surface area contributed by atoms with Gasteiger partial charge in [-0.2, -0.15) is 5.10 Å². The summed E-state index contributed by atoms with van der Waals surface area (Å²) in [7, 11) is 0. The smallest absolute Gasteiger partial charge is 0.137 e. The van der Waals surface area contributed by atoms with Crippen LogP contribution in [0.15, 0.2) is 12.7 Å². The molecule has 3 nitrogen and oxygen atoms in total. The maximum absolute atomic E-state index is 4.20. The lowest BCUT2D eigenvalue weighted by atomic mass is 9.62. The Hall–Kier alpha value is 0.600. The van der Waals surface area contributed by atoms with Gasteiger partial charge in [0, 0.05) is 43.8 Å². The van der Waals surface area contributed by atoms with Crippen molar-refractivity contribution < 1.29 is 0 Å². The zero-order valence-corrected chi connectivity index (χ0v) is 15.9. The van der Waals surface area contributed by atoms with Crippen molar-refractivity contribution in [3.63, 3.8) is 0 Å². The second-order valence-corrected chi connectivity index (χ2v) is 5.92. The van der Waals surface area contributed by atoms with Crippen molar-refractivity contribution in [2.75, 3.05) is 0 Å². The first kappa shape index (κ1) is 17.6. The van der Waals surface area contributed by atoms with E-state index in [2.05, 4.69) is 88.9 Å². The third-order valence-electron chi connectivity index (χ3n) is 3.94. The monoisotopic (exact) mass is 463 g/mol. The third kappa shape index (κ3) is 4.65. The van der Waals surface area contributed by atoms with E-state index >= 15 is 0 Å². The second-order valence-electron chi connectivity index (χ2n) is 5.92. The highest BCUT2D eigenvalue weighted by Crippen LogP contribution is 2.45. The van der Waals surface area contributed by atoms with Gasteiger partial charge in [-0.25, -0.2) is 4.98 Å². The van der Waals surface area contributed by atoms with Crippen molar-refractivity contribution in [1.82, 2.24) is 14.8 Å². The first-order chi connectivity index (χ1) is 7.77. The molecule has 0 radical (unpaired) electrons. The van der Waals surface area contributed by atoms with Crippen molar-refractivity contribution in [2.45, 2.75) is 48.1 Å². The lowest BCUT2D eigenvalue weighted by Gasteiger charge is -2.45. The Labute approximate surface area is 128 Å². The summed E-state index contributed by atoms with van der Waals surface area (Å²) >= 11 is 4.24. The first-order valence-electron chi connectivity index (χ1n) is 5.74. The van der Waals surface area contributed by atoms with Crippen molar-refractivity contribution in [1.29, 1.82) is 0 Å². The Kier molecular flexibility index (Phi) is 7.51. The molecule has 0 amide bonds. The number of nitrogens with zero attached hydrogens (tertiary/aromatic N) is 3. The maximum atomic E-state index is 4.20. The highest BCUT2D eigenvalue weighted by molar-refractivity contribution is 15.0. The van der Waals surface area contributed by atoms with E-state index in [0.29, 0.717) is 5.92 Å². The van der Waals surface area contributed by atoms with Crippen LogP contribution in [0.5, 0.6) is 0 Å². The Morgan fingerprint density at radius 3 is 2.00 bits per heavy atom. The van der Waals surface area contributed by atoms with Crippen LogP contribution in [0.4, 0.5) is 0 Å². The van der Waals surface area contributed by atoms with Crippen molar-refractivity contribution >= 4 is 37.2 Å². The molecule has 0 aliphatic carbocycles. The molecule has 1 rings (SSSR count). The van der Waals surface area contributed by atoms with Crippen LogP contribution in [0, 0.1) is 16.7 Å². The summed E-state index contributed by atoms with van der Waals surface area (Å²) in [5.41, 5.74) is 0.480. The number of aromatic nitrogens is 3. The van der Waals surface area contributed by atoms with Crippen LogP contribution in [0.25, 0.3) is 0 Å². The fourth-order valence-electron chi connectivity index (χ4n) is 1.94. The van der Waals surface area contributed by atoms with Crippen molar-refractivity contribution in [2.24, 2.45) is 16.7 Å². The molecule has 0 bridgehead atoms. The van der Waals surface area contributed by atoms with Crippen LogP contribution in [0.2, 0.25) is 0 Å². The SMILES string of the molecule is CC(C)C(C)(Cn1cncn1)C(C)(C)C.II. The van der Waals surface area contributed by atoms with Gasteiger partial charge >= 0.3 is 0 Å². The first-order valence-corrected chi connectivity index (χ1v) is 12.0. The summed E-state index contributed by atoms with van der Waals surface area (Å²) in [6, 6.07) is 0. The Morgan fingerprint density at radius 1 is 1.18 bits per heavy atom. The van der Waals surface area contributed by atoms with E-state index in [4.69, 9.17) is 0 Å². The molecule has 1 aromatic rings. The normalized spacial score (nSPS) is 15.1. The van der Waals surface area contributed by atoms with E-state index in [0.717, 1.165) is 6.54 Å². The van der Waals surface area contributed by atoms with Gasteiger partial charge in [-0.15, -0.1) is 0 Å². The average Bonchev–Trinajstić information content (AvgIpc) is 2.71. The molecule has 0 fully saturated rings. The van der Waals surface area contributed by atoms with Gasteiger partial charge in [-0.1, -0.05) is 41.5 Å². The van der Waals surface area contributed by atoms with Gasteiger partial charge in [-0.05, 0) is 16.7 Å². The minimum Gasteiger partial charge on any atom is -0.252 e. The Balaban J connectivity index is 0.00000121. The fraction of sp³-hybridized carbons (Fsp3) is 0.833. The Morgan fingerprint density at radius 2 is 1.71 bits per heavy atom. The standard InChI is InChI=1S/C12H23N3.I2/c1-10(2)12(6,11(3,4)5)7-15-9-13-8-14-15;1-2/h8-10H,7H2,1-6H3;. The molecule has 0 aliphatic heterocycles. The maximum Gasteiger partial charge on any atom is 0.137 e. The van der Waals surface area contributed by atoms with Crippen LogP contribution < -0.4 is 0 Å². The summed E-state index contributed by atoms with van der Waals surface area (Å²) in [6.07, 6.45) is 3.40. The van der Waals surface area contributed by atoms with Gasteiger partial charge in [0.1, 0.15) is 12.7 Å². The number of hydrogen-bond acceptors (Lipinski definition) is 2. The highest BCUT2D eigenvalue weighted by Gasteiger charge is 2.40. The van der Waals surface area contributed by atoms with Gasteiger partial charge in [0.2, 0.25) is 0 Å². The summed E-state index contributed by atoms with van der Waals surface area (Å²) in [5, 5.41) is 4.20. The minimum absolute atomic E-state index is 0.223. The predicted molar refractivity (Wildman–Crippen MR) is 90.5 cm³/mol. The number of halogens is 2. The minimum atomic E-state index is 0.223. The van der Waals surface area contributed by atoms with Crippen LogP contribution in [0.3, 0.4) is 0 Å². The Bertz CT molecular complexity index is 304. The van der Waals surface area contributed by atoms with Crippen molar-refractivity contribution in [3.05, 3.63) is 12.7 Å². The van der Waals surface area contributed by atoms with Gasteiger partial charge in [0.15, 0.2) is 0 Å². The molecule has 1 unspecified atom stereocenters. The van der Waals surface area contributed by atoms with E-state index in [9.17, 15) is 0 Å².